The summed E-state index contributed by atoms with van der Waals surface area (Å²) in [6, 6.07) is 3.09. The first kappa shape index (κ1) is 9.73. The van der Waals surface area contributed by atoms with Crippen LogP contribution in [-0.4, -0.2) is 22.2 Å². The van der Waals surface area contributed by atoms with Crippen molar-refractivity contribution in [3.05, 3.63) is 24.5 Å². The van der Waals surface area contributed by atoms with Gasteiger partial charge in [0.15, 0.2) is 0 Å². The van der Waals surface area contributed by atoms with Crippen LogP contribution in [0, 0.1) is 0 Å². The van der Waals surface area contributed by atoms with Gasteiger partial charge >= 0.3 is 26.0 Å². The minimum absolute atomic E-state index is 0. The van der Waals surface area contributed by atoms with Gasteiger partial charge in [0.1, 0.15) is 0 Å². The second-order valence-corrected chi connectivity index (χ2v) is 1.65. The van der Waals surface area contributed by atoms with Gasteiger partial charge in [0, 0.05) is 12.4 Å². The molecule has 48 valence electrons. The molecule has 1 heterocycles. The van der Waals surface area contributed by atoms with Gasteiger partial charge in [-0.1, -0.05) is 0 Å². The first-order valence-electron chi connectivity index (χ1n) is 2.57. The summed E-state index contributed by atoms with van der Waals surface area (Å²) < 4.78 is 0. The molecule has 0 saturated heterocycles. The second-order valence-electron chi connectivity index (χ2n) is 1.65. The van der Waals surface area contributed by atoms with Gasteiger partial charge in [-0.25, -0.2) is 0 Å². The van der Waals surface area contributed by atoms with Crippen molar-refractivity contribution in [3.8, 4) is 0 Å². The first-order chi connectivity index (χ1) is 4.30. The van der Waals surface area contributed by atoms with Gasteiger partial charge in [-0.3, -0.25) is 4.98 Å². The fourth-order valence-electron chi connectivity index (χ4n) is 0.536. The molecule has 0 saturated carbocycles. The molecule has 0 atom stereocenters. The minimum atomic E-state index is -1.38. The Balaban J connectivity index is 0. The van der Waals surface area contributed by atoms with Gasteiger partial charge in [-0.2, -0.15) is 0 Å². The maximum absolute atomic E-state index is 8.55. The summed E-state index contributed by atoms with van der Waals surface area (Å²) in [5.41, 5.74) is 0.463. The summed E-state index contributed by atoms with van der Waals surface area (Å²) in [7, 11) is -1.38. The molecule has 0 spiro atoms. The van der Waals surface area contributed by atoms with Crippen molar-refractivity contribution >= 4 is 12.6 Å². The largest absolute Gasteiger partial charge is 1.00 e. The third kappa shape index (κ3) is 2.55. The van der Waals surface area contributed by atoms with Gasteiger partial charge in [-0.05, 0) is 17.6 Å². The zero-order valence-corrected chi connectivity index (χ0v) is 5.73. The van der Waals surface area contributed by atoms with Crippen LogP contribution in [0.4, 0.5) is 0 Å². The van der Waals surface area contributed by atoms with Crippen molar-refractivity contribution in [2.75, 3.05) is 0 Å². The topological polar surface area (TPSA) is 53.4 Å². The molecule has 0 radical (unpaired) electrons. The summed E-state index contributed by atoms with van der Waals surface area (Å²) in [5.74, 6) is 0. The Bertz CT molecular complexity index is 187. The molecule has 1 rings (SSSR count). The molecule has 5 heteroatoms. The van der Waals surface area contributed by atoms with Gasteiger partial charge in [0.25, 0.3) is 0 Å². The summed E-state index contributed by atoms with van der Waals surface area (Å²) in [6.07, 6.45) is 3.02. The predicted molar refractivity (Wildman–Crippen MR) is 35.2 cm³/mol. The third-order valence-electron chi connectivity index (χ3n) is 1.00. The summed E-state index contributed by atoms with van der Waals surface area (Å²) in [5, 5.41) is 17.1. The Hall–Kier alpha value is -0.268. The van der Waals surface area contributed by atoms with Gasteiger partial charge in [-0.15, -0.1) is 0 Å². The van der Waals surface area contributed by atoms with Crippen molar-refractivity contribution in [1.82, 2.24) is 4.98 Å². The van der Waals surface area contributed by atoms with Gasteiger partial charge in [0.05, 0.1) is 0 Å². The molecule has 0 fully saturated rings. The predicted octanol–water partition coefficient (Wildman–Crippen LogP) is -4.12. The molecule has 0 aromatic carbocycles. The molecule has 0 aliphatic heterocycles. The van der Waals surface area contributed by atoms with Crippen LogP contribution in [0.2, 0.25) is 0 Å². The molecule has 0 unspecified atom stereocenters. The number of pyridine rings is 1. The van der Waals surface area contributed by atoms with Crippen LogP contribution in [0.3, 0.4) is 0 Å². The number of nitrogens with zero attached hydrogens (tertiary/aromatic N) is 1. The fourth-order valence-corrected chi connectivity index (χ4v) is 0.536. The average Bonchev–Trinajstić information content (AvgIpc) is 1.90. The van der Waals surface area contributed by atoms with Crippen LogP contribution in [0.15, 0.2) is 24.5 Å². The smallest absolute Gasteiger partial charge is 1.00 e. The van der Waals surface area contributed by atoms with E-state index in [1.54, 1.807) is 12.1 Å². The molecular weight excluding hydrogens is 124 g/mol. The van der Waals surface area contributed by atoms with Gasteiger partial charge < -0.3 is 11.5 Å². The van der Waals surface area contributed by atoms with Crippen LogP contribution in [0.1, 0.15) is 1.43 Å². The monoisotopic (exact) mass is 131 g/mol. The molecule has 1 aromatic rings. The Morgan fingerprint density at radius 2 is 1.80 bits per heavy atom. The van der Waals surface area contributed by atoms with Crippen LogP contribution in [-0.2, 0) is 0 Å². The molecule has 0 amide bonds. The first-order valence-corrected chi connectivity index (χ1v) is 2.57. The normalized spacial score (nSPS) is 8.20. The number of rotatable bonds is 1. The summed E-state index contributed by atoms with van der Waals surface area (Å²) >= 11 is 0. The van der Waals surface area contributed by atoms with Crippen LogP contribution < -0.4 is 24.3 Å². The van der Waals surface area contributed by atoms with E-state index in [4.69, 9.17) is 10.0 Å². The Kier molecular flexibility index (Phi) is 4.41. The van der Waals surface area contributed by atoms with E-state index in [2.05, 4.69) is 4.98 Å². The van der Waals surface area contributed by atoms with E-state index < -0.39 is 7.12 Å². The molecule has 0 aliphatic carbocycles. The van der Waals surface area contributed by atoms with Crippen LogP contribution in [0.25, 0.3) is 0 Å². The van der Waals surface area contributed by atoms with E-state index in [1.165, 1.54) is 12.4 Å². The Morgan fingerprint density at radius 3 is 2.10 bits per heavy atom. The van der Waals surface area contributed by atoms with Crippen molar-refractivity contribution in [3.63, 3.8) is 0 Å². The molecule has 0 bridgehead atoms. The quantitative estimate of drug-likeness (QED) is 0.380. The Labute approximate surface area is 72.9 Å². The van der Waals surface area contributed by atoms with E-state index >= 15 is 0 Å². The van der Waals surface area contributed by atoms with Gasteiger partial charge in [0.2, 0.25) is 0 Å². The van der Waals surface area contributed by atoms with Crippen molar-refractivity contribution in [2.24, 2.45) is 0 Å². The van der Waals surface area contributed by atoms with E-state index in [-0.39, 0.29) is 20.3 Å². The fraction of sp³-hybridized carbons (Fsp3) is 0. The van der Waals surface area contributed by atoms with Crippen LogP contribution in [0.5, 0.6) is 0 Å². The molecule has 1 aromatic heterocycles. The zero-order valence-electron chi connectivity index (χ0n) is 6.73. The van der Waals surface area contributed by atoms with E-state index in [0.717, 1.165) is 0 Å². The second kappa shape index (κ2) is 4.53. The molecular formula is C5H7BLiNO2. The minimum Gasteiger partial charge on any atom is -1.00 e. The van der Waals surface area contributed by atoms with Crippen molar-refractivity contribution in [1.29, 1.82) is 0 Å². The van der Waals surface area contributed by atoms with E-state index in [9.17, 15) is 0 Å². The standard InChI is InChI=1S/C5H6BNO2.Li.H/c8-6(9)5-1-3-7-4-2-5;;/h1-4,8-9H;;/q;+1;-1. The summed E-state index contributed by atoms with van der Waals surface area (Å²) in [4.78, 5) is 3.71. The molecule has 10 heavy (non-hydrogen) atoms. The molecule has 3 nitrogen and oxygen atoms in total. The van der Waals surface area contributed by atoms with Crippen molar-refractivity contribution in [2.45, 2.75) is 0 Å². The van der Waals surface area contributed by atoms with E-state index in [0.29, 0.717) is 5.46 Å². The van der Waals surface area contributed by atoms with Crippen LogP contribution >= 0.6 is 0 Å². The average molecular weight is 131 g/mol. The maximum Gasteiger partial charge on any atom is 1.00 e. The summed E-state index contributed by atoms with van der Waals surface area (Å²) in [6.45, 7) is 0. The Morgan fingerprint density at radius 1 is 1.30 bits per heavy atom. The molecule has 2 N–H and O–H groups in total. The number of hydrogen-bond donors (Lipinski definition) is 2. The zero-order chi connectivity index (χ0) is 6.69. The third-order valence-corrected chi connectivity index (χ3v) is 1.00. The SMILES string of the molecule is OB(O)c1ccncc1.[H-].[Li+]. The number of hydrogen-bond acceptors (Lipinski definition) is 3. The molecule has 0 aliphatic rings. The maximum atomic E-state index is 8.55. The van der Waals surface area contributed by atoms with Crippen molar-refractivity contribution < 1.29 is 30.3 Å². The van der Waals surface area contributed by atoms with E-state index in [1.807, 2.05) is 0 Å². The number of aromatic nitrogens is 1.